The smallest absolute Gasteiger partial charge is 0.270 e. The van der Waals surface area contributed by atoms with Crippen molar-refractivity contribution in [3.05, 3.63) is 55.3 Å². The molecule has 0 unspecified atom stereocenters. The van der Waals surface area contributed by atoms with Crippen LogP contribution in [0.2, 0.25) is 10.0 Å². The van der Waals surface area contributed by atoms with Crippen molar-refractivity contribution < 1.29 is 14.3 Å². The molecule has 0 aliphatic carbocycles. The molecule has 2 aromatic carbocycles. The number of thioether (sulfide) groups is 1. The fourth-order valence-electron chi connectivity index (χ4n) is 2.62. The molecule has 1 amide bonds. The summed E-state index contributed by atoms with van der Waals surface area (Å²) in [5.74, 6) is 0.936. The maximum atomic E-state index is 13.0. The highest BCUT2D eigenvalue weighted by Gasteiger charge is 2.34. The van der Waals surface area contributed by atoms with Crippen molar-refractivity contribution in [1.29, 1.82) is 0 Å². The topological polar surface area (TPSA) is 38.8 Å². The van der Waals surface area contributed by atoms with Gasteiger partial charge >= 0.3 is 0 Å². The van der Waals surface area contributed by atoms with E-state index in [-0.39, 0.29) is 5.91 Å². The van der Waals surface area contributed by atoms with Crippen molar-refractivity contribution >= 4 is 85.1 Å². The number of thiocarbonyl (C=S) groups is 1. The van der Waals surface area contributed by atoms with Crippen molar-refractivity contribution in [3.8, 4) is 11.5 Å². The van der Waals surface area contributed by atoms with Gasteiger partial charge in [0.05, 0.1) is 33.8 Å². The largest absolute Gasteiger partial charge is 0.492 e. The second-order valence-corrected chi connectivity index (χ2v) is 8.95. The van der Waals surface area contributed by atoms with Crippen LogP contribution in [0.1, 0.15) is 12.5 Å². The maximum Gasteiger partial charge on any atom is 0.270 e. The lowest BCUT2D eigenvalue weighted by Gasteiger charge is -2.16. The zero-order valence-electron chi connectivity index (χ0n) is 14.8. The van der Waals surface area contributed by atoms with Crippen LogP contribution < -0.4 is 14.4 Å². The summed E-state index contributed by atoms with van der Waals surface area (Å²) in [6, 6.07) is 8.59. The highest BCUT2D eigenvalue weighted by molar-refractivity contribution is 9.10. The predicted octanol–water partition coefficient (Wildman–Crippen LogP) is 6.57. The van der Waals surface area contributed by atoms with Gasteiger partial charge in [0.1, 0.15) is 0 Å². The van der Waals surface area contributed by atoms with Crippen molar-refractivity contribution in [2.75, 3.05) is 18.6 Å². The van der Waals surface area contributed by atoms with Gasteiger partial charge in [-0.3, -0.25) is 9.69 Å². The third kappa shape index (κ3) is 4.33. The molecule has 2 aromatic rings. The quantitative estimate of drug-likeness (QED) is 0.330. The Morgan fingerprint density at radius 2 is 2.04 bits per heavy atom. The minimum Gasteiger partial charge on any atom is -0.492 e. The van der Waals surface area contributed by atoms with Gasteiger partial charge in [-0.15, -0.1) is 0 Å². The van der Waals surface area contributed by atoms with Gasteiger partial charge < -0.3 is 9.47 Å². The molecule has 0 radical (unpaired) electrons. The molecule has 1 heterocycles. The minimum atomic E-state index is -0.246. The van der Waals surface area contributed by atoms with Gasteiger partial charge in [0, 0.05) is 5.02 Å². The van der Waals surface area contributed by atoms with E-state index in [9.17, 15) is 4.79 Å². The molecule has 146 valence electrons. The van der Waals surface area contributed by atoms with Crippen LogP contribution >= 0.6 is 63.1 Å². The number of ether oxygens (including phenoxy) is 2. The van der Waals surface area contributed by atoms with Crippen molar-refractivity contribution in [2.45, 2.75) is 6.92 Å². The van der Waals surface area contributed by atoms with Crippen LogP contribution in [0.25, 0.3) is 6.08 Å². The van der Waals surface area contributed by atoms with Crippen molar-refractivity contribution in [3.63, 3.8) is 0 Å². The van der Waals surface area contributed by atoms with Crippen LogP contribution in [-0.4, -0.2) is 23.9 Å². The van der Waals surface area contributed by atoms with Crippen molar-refractivity contribution in [2.24, 2.45) is 0 Å². The molecular formula is C19H14BrCl2NO3S2. The van der Waals surface area contributed by atoms with E-state index in [1.807, 2.05) is 19.1 Å². The van der Waals surface area contributed by atoms with Crippen LogP contribution in [-0.2, 0) is 4.79 Å². The first-order valence-corrected chi connectivity index (χ1v) is 10.9. The Labute approximate surface area is 190 Å². The van der Waals surface area contributed by atoms with E-state index in [2.05, 4.69) is 15.9 Å². The number of amides is 1. The van der Waals surface area contributed by atoms with Gasteiger partial charge in [-0.2, -0.15) is 0 Å². The standard InChI is InChI=1S/C19H14BrCl2NO3S2/c1-3-26-15-7-10(6-12(20)17(15)25-2)8-16-18(24)23(19(27)28-16)14-5-4-11(21)9-13(14)22/h4-9H,3H2,1-2H3/b16-8-. The predicted molar refractivity (Wildman–Crippen MR) is 124 cm³/mol. The fourth-order valence-corrected chi connectivity index (χ4v) is 5.02. The second-order valence-electron chi connectivity index (χ2n) is 5.58. The van der Waals surface area contributed by atoms with Crippen LogP contribution in [0.4, 0.5) is 5.69 Å². The highest BCUT2D eigenvalue weighted by atomic mass is 79.9. The van der Waals surface area contributed by atoms with E-state index < -0.39 is 0 Å². The van der Waals surface area contributed by atoms with Gasteiger partial charge in [-0.1, -0.05) is 47.2 Å². The van der Waals surface area contributed by atoms with Crippen LogP contribution in [0.3, 0.4) is 0 Å². The Balaban J connectivity index is 1.98. The summed E-state index contributed by atoms with van der Waals surface area (Å²) in [5.41, 5.74) is 1.28. The first-order valence-electron chi connectivity index (χ1n) is 8.09. The number of anilines is 1. The molecule has 3 rings (SSSR count). The summed E-state index contributed by atoms with van der Waals surface area (Å²) < 4.78 is 12.1. The van der Waals surface area contributed by atoms with E-state index in [4.69, 9.17) is 44.9 Å². The Kier molecular flexibility index (Phi) is 6.94. The van der Waals surface area contributed by atoms with E-state index in [0.29, 0.717) is 43.1 Å². The summed E-state index contributed by atoms with van der Waals surface area (Å²) in [5, 5.41) is 0.845. The molecule has 4 nitrogen and oxygen atoms in total. The van der Waals surface area contributed by atoms with Crippen LogP contribution in [0, 0.1) is 0 Å². The Morgan fingerprint density at radius 3 is 2.68 bits per heavy atom. The summed E-state index contributed by atoms with van der Waals surface area (Å²) in [7, 11) is 1.57. The van der Waals surface area contributed by atoms with Gasteiger partial charge in [-0.25, -0.2) is 0 Å². The lowest BCUT2D eigenvalue weighted by molar-refractivity contribution is -0.113. The molecule has 9 heteroatoms. The monoisotopic (exact) mass is 517 g/mol. The van der Waals surface area contributed by atoms with E-state index >= 15 is 0 Å². The number of benzene rings is 2. The average Bonchev–Trinajstić information content (AvgIpc) is 2.89. The average molecular weight is 519 g/mol. The first kappa shape index (κ1) is 21.5. The molecule has 0 atom stereocenters. The molecule has 1 fully saturated rings. The maximum absolute atomic E-state index is 13.0. The molecule has 28 heavy (non-hydrogen) atoms. The molecule has 0 saturated carbocycles. The molecule has 0 bridgehead atoms. The third-order valence-corrected chi connectivity index (χ3v) is 6.21. The summed E-state index contributed by atoms with van der Waals surface area (Å²) in [6.07, 6.45) is 1.76. The number of halogens is 3. The lowest BCUT2D eigenvalue weighted by atomic mass is 10.1. The molecule has 0 N–H and O–H groups in total. The Bertz CT molecular complexity index is 997. The molecule has 0 spiro atoms. The van der Waals surface area contributed by atoms with E-state index in [0.717, 1.165) is 10.0 Å². The zero-order valence-corrected chi connectivity index (χ0v) is 19.5. The number of rotatable bonds is 5. The van der Waals surface area contributed by atoms with E-state index in [1.165, 1.54) is 16.7 Å². The summed E-state index contributed by atoms with van der Waals surface area (Å²) >= 11 is 22.3. The number of nitrogens with zero attached hydrogens (tertiary/aromatic N) is 1. The SMILES string of the molecule is CCOc1cc(/C=C2\SC(=S)N(c3ccc(Cl)cc3Cl)C2=O)cc(Br)c1OC. The number of carbonyl (C=O) groups is 1. The second kappa shape index (κ2) is 9.05. The molecule has 1 aliphatic heterocycles. The highest BCUT2D eigenvalue weighted by Crippen LogP contribution is 2.41. The van der Waals surface area contributed by atoms with Gasteiger partial charge in [-0.05, 0) is 64.8 Å². The Hall–Kier alpha value is -1.25. The number of hydrogen-bond donors (Lipinski definition) is 0. The normalized spacial score (nSPS) is 15.5. The minimum absolute atomic E-state index is 0.246. The van der Waals surface area contributed by atoms with E-state index in [1.54, 1.807) is 31.4 Å². The number of carbonyl (C=O) groups excluding carboxylic acids is 1. The zero-order chi connectivity index (χ0) is 20.4. The molecule has 1 saturated heterocycles. The lowest BCUT2D eigenvalue weighted by Crippen LogP contribution is -2.27. The van der Waals surface area contributed by atoms with Gasteiger partial charge in [0.2, 0.25) is 0 Å². The summed E-state index contributed by atoms with van der Waals surface area (Å²) in [4.78, 5) is 14.9. The molecular weight excluding hydrogens is 505 g/mol. The van der Waals surface area contributed by atoms with Crippen LogP contribution in [0.15, 0.2) is 39.7 Å². The third-order valence-electron chi connectivity index (χ3n) is 3.78. The first-order chi connectivity index (χ1) is 13.3. The number of methoxy groups -OCH3 is 1. The molecule has 1 aliphatic rings. The van der Waals surface area contributed by atoms with Gasteiger partial charge in [0.15, 0.2) is 15.8 Å². The van der Waals surface area contributed by atoms with Gasteiger partial charge in [0.25, 0.3) is 5.91 Å². The Morgan fingerprint density at radius 1 is 1.29 bits per heavy atom. The van der Waals surface area contributed by atoms with Crippen molar-refractivity contribution in [1.82, 2.24) is 0 Å². The van der Waals surface area contributed by atoms with Crippen LogP contribution in [0.5, 0.6) is 11.5 Å². The summed E-state index contributed by atoms with van der Waals surface area (Å²) in [6.45, 7) is 2.38. The number of hydrogen-bond acceptors (Lipinski definition) is 5. The fraction of sp³-hybridized carbons (Fsp3) is 0.158. The molecule has 0 aromatic heterocycles.